The summed E-state index contributed by atoms with van der Waals surface area (Å²) >= 11 is 0. The molecule has 0 aliphatic rings. The molecule has 0 aliphatic carbocycles. The molecule has 0 unspecified atom stereocenters. The van der Waals surface area contributed by atoms with Gasteiger partial charge in [-0.05, 0) is 11.1 Å². The largest absolute Gasteiger partial charge is 0.294 e. The van der Waals surface area contributed by atoms with Crippen molar-refractivity contribution in [1.82, 2.24) is 0 Å². The van der Waals surface area contributed by atoms with Crippen molar-refractivity contribution in [3.63, 3.8) is 0 Å². The van der Waals surface area contributed by atoms with E-state index in [9.17, 15) is 4.79 Å². The number of carbonyl (C=O) groups is 1. The van der Waals surface area contributed by atoms with E-state index in [2.05, 4.69) is 56.0 Å². The quantitative estimate of drug-likeness (QED) is 0.588. The smallest absolute Gasteiger partial charge is 0.165 e. The number of hydrogen-bond donors (Lipinski definition) is 0. The van der Waals surface area contributed by atoms with Gasteiger partial charge in [0, 0.05) is 11.5 Å². The fourth-order valence-corrected chi connectivity index (χ4v) is 3.51. The first-order valence-electron chi connectivity index (χ1n) is 7.54. The van der Waals surface area contributed by atoms with Crippen LogP contribution in [0.5, 0.6) is 0 Å². The second-order valence-electron chi connectivity index (χ2n) is 6.93. The van der Waals surface area contributed by atoms with Gasteiger partial charge in [-0.2, -0.15) is 0 Å². The Kier molecular flexibility index (Phi) is 4.48. The number of ketones is 1. The van der Waals surface area contributed by atoms with Crippen molar-refractivity contribution in [3.05, 3.63) is 54.1 Å². The Morgan fingerprint density at radius 2 is 1.52 bits per heavy atom. The Balaban J connectivity index is 2.33. The molecular weight excluding hydrogens is 272 g/mol. The second kappa shape index (κ2) is 5.98. The number of rotatable bonds is 4. The van der Waals surface area contributed by atoms with Gasteiger partial charge >= 0.3 is 0 Å². The minimum atomic E-state index is -1.30. The Morgan fingerprint density at radius 3 is 2.05 bits per heavy atom. The van der Waals surface area contributed by atoms with E-state index < -0.39 is 8.07 Å². The van der Waals surface area contributed by atoms with Crippen LogP contribution in [-0.2, 0) is 0 Å². The van der Waals surface area contributed by atoms with E-state index in [-0.39, 0.29) is 11.7 Å². The van der Waals surface area contributed by atoms with Crippen LogP contribution in [0, 0.1) is 5.92 Å². The molecule has 0 saturated heterocycles. The van der Waals surface area contributed by atoms with Gasteiger partial charge in [-0.25, -0.2) is 0 Å². The molecule has 0 radical (unpaired) electrons. The summed E-state index contributed by atoms with van der Waals surface area (Å²) in [5.41, 5.74) is 3.21. The molecule has 2 rings (SSSR count). The number of Topliss-reactive ketones (excluding diaryl/α,β-unsaturated/α-hetero) is 1. The van der Waals surface area contributed by atoms with Crippen LogP contribution in [0.2, 0.25) is 19.6 Å². The summed E-state index contributed by atoms with van der Waals surface area (Å²) in [6.45, 7) is 10.9. The average molecular weight is 296 g/mol. The van der Waals surface area contributed by atoms with Gasteiger partial charge in [0.25, 0.3) is 0 Å². The lowest BCUT2D eigenvalue weighted by Crippen LogP contribution is -2.37. The van der Waals surface area contributed by atoms with E-state index in [4.69, 9.17) is 0 Å². The second-order valence-corrected chi connectivity index (χ2v) is 12.0. The van der Waals surface area contributed by atoms with Crippen LogP contribution in [0.25, 0.3) is 11.1 Å². The van der Waals surface area contributed by atoms with Gasteiger partial charge < -0.3 is 0 Å². The summed E-state index contributed by atoms with van der Waals surface area (Å²) in [6.07, 6.45) is 0. The third kappa shape index (κ3) is 3.70. The van der Waals surface area contributed by atoms with Crippen LogP contribution in [0.1, 0.15) is 24.2 Å². The molecule has 0 saturated carbocycles. The lowest BCUT2D eigenvalue weighted by molar-refractivity contribution is 0.0939. The Bertz CT molecular complexity index is 633. The third-order valence-electron chi connectivity index (χ3n) is 3.76. The van der Waals surface area contributed by atoms with E-state index in [0.29, 0.717) is 0 Å². The molecule has 0 bridgehead atoms. The van der Waals surface area contributed by atoms with Gasteiger partial charge in [-0.3, -0.25) is 4.79 Å². The summed E-state index contributed by atoms with van der Waals surface area (Å²) in [6, 6.07) is 16.8. The molecule has 2 aromatic carbocycles. The highest BCUT2D eigenvalue weighted by Crippen LogP contribution is 2.21. The first kappa shape index (κ1) is 15.7. The lowest BCUT2D eigenvalue weighted by Gasteiger charge is -2.17. The fourth-order valence-electron chi connectivity index (χ4n) is 2.33. The Morgan fingerprint density at radius 1 is 0.905 bits per heavy atom. The van der Waals surface area contributed by atoms with E-state index in [1.54, 1.807) is 0 Å². The number of hydrogen-bond acceptors (Lipinski definition) is 1. The Hall–Kier alpha value is -1.67. The van der Waals surface area contributed by atoms with Crippen LogP contribution in [0.3, 0.4) is 0 Å². The van der Waals surface area contributed by atoms with Gasteiger partial charge in [-0.15, -0.1) is 0 Å². The van der Waals surface area contributed by atoms with E-state index in [1.807, 2.05) is 26.0 Å². The molecule has 0 aliphatic heterocycles. The lowest BCUT2D eigenvalue weighted by atomic mass is 9.98. The van der Waals surface area contributed by atoms with Crippen molar-refractivity contribution >= 4 is 19.0 Å². The molecular formula is C19H24OSi. The van der Waals surface area contributed by atoms with Crippen molar-refractivity contribution in [3.8, 4) is 11.1 Å². The van der Waals surface area contributed by atoms with E-state index in [1.165, 1.54) is 16.3 Å². The molecule has 0 aromatic heterocycles. The first-order chi connectivity index (χ1) is 9.79. The third-order valence-corrected chi connectivity index (χ3v) is 5.80. The maximum atomic E-state index is 12.0. The van der Waals surface area contributed by atoms with Gasteiger partial charge in [0.05, 0.1) is 8.07 Å². The highest BCUT2D eigenvalue weighted by Gasteiger charge is 2.16. The van der Waals surface area contributed by atoms with Crippen LogP contribution in [-0.4, -0.2) is 13.9 Å². The first-order valence-corrected chi connectivity index (χ1v) is 11.0. The highest BCUT2D eigenvalue weighted by atomic mass is 28.3. The van der Waals surface area contributed by atoms with Crippen LogP contribution < -0.4 is 5.19 Å². The van der Waals surface area contributed by atoms with Crippen LogP contribution in [0.15, 0.2) is 48.5 Å². The summed E-state index contributed by atoms with van der Waals surface area (Å²) in [5, 5.41) is 1.46. The SMILES string of the molecule is CC(C)C(=O)c1ccc(-c2cccc([Si](C)(C)C)c2)cc1. The number of benzene rings is 2. The fraction of sp³-hybridized carbons (Fsp3) is 0.316. The monoisotopic (exact) mass is 296 g/mol. The zero-order chi connectivity index (χ0) is 15.6. The van der Waals surface area contributed by atoms with E-state index >= 15 is 0 Å². The summed E-state index contributed by atoms with van der Waals surface area (Å²) in [5.74, 6) is 0.253. The van der Waals surface area contributed by atoms with Crippen molar-refractivity contribution in [2.45, 2.75) is 33.5 Å². The maximum Gasteiger partial charge on any atom is 0.165 e. The van der Waals surface area contributed by atoms with Crippen molar-refractivity contribution in [1.29, 1.82) is 0 Å². The molecule has 0 amide bonds. The van der Waals surface area contributed by atoms with Gasteiger partial charge in [-0.1, -0.05) is 87.2 Å². The number of carbonyl (C=O) groups excluding carboxylic acids is 1. The zero-order valence-electron chi connectivity index (χ0n) is 13.6. The summed E-state index contributed by atoms with van der Waals surface area (Å²) < 4.78 is 0. The predicted octanol–water partition coefficient (Wildman–Crippen LogP) is 4.74. The molecule has 0 N–H and O–H groups in total. The molecule has 1 nitrogen and oxygen atoms in total. The molecule has 21 heavy (non-hydrogen) atoms. The molecule has 110 valence electrons. The standard InChI is InChI=1S/C19H24OSi/c1-14(2)19(20)16-11-9-15(10-12-16)17-7-6-8-18(13-17)21(3,4)5/h6-14H,1-5H3. The highest BCUT2D eigenvalue weighted by molar-refractivity contribution is 6.88. The summed E-state index contributed by atoms with van der Waals surface area (Å²) in [4.78, 5) is 12.0. The van der Waals surface area contributed by atoms with Gasteiger partial charge in [0.1, 0.15) is 0 Å². The maximum absolute atomic E-state index is 12.0. The predicted molar refractivity (Wildman–Crippen MR) is 94.0 cm³/mol. The van der Waals surface area contributed by atoms with Crippen LogP contribution >= 0.6 is 0 Å². The normalized spacial score (nSPS) is 11.7. The Labute approximate surface area is 129 Å². The molecule has 2 heteroatoms. The topological polar surface area (TPSA) is 17.1 Å². The van der Waals surface area contributed by atoms with Crippen molar-refractivity contribution in [2.75, 3.05) is 0 Å². The molecule has 2 aromatic rings. The zero-order valence-corrected chi connectivity index (χ0v) is 14.6. The molecule has 0 fully saturated rings. The van der Waals surface area contributed by atoms with Crippen LogP contribution in [0.4, 0.5) is 0 Å². The van der Waals surface area contributed by atoms with E-state index in [0.717, 1.165) is 5.56 Å². The minimum absolute atomic E-state index is 0.0473. The summed E-state index contributed by atoms with van der Waals surface area (Å²) in [7, 11) is -1.30. The average Bonchev–Trinajstić information content (AvgIpc) is 2.46. The molecule has 0 atom stereocenters. The van der Waals surface area contributed by atoms with Crippen molar-refractivity contribution < 1.29 is 4.79 Å². The minimum Gasteiger partial charge on any atom is -0.294 e. The molecule has 0 spiro atoms. The van der Waals surface area contributed by atoms with Gasteiger partial charge in [0.2, 0.25) is 0 Å². The van der Waals surface area contributed by atoms with Gasteiger partial charge in [0.15, 0.2) is 5.78 Å². The van der Waals surface area contributed by atoms with Crippen molar-refractivity contribution in [2.24, 2.45) is 5.92 Å². The molecule has 0 heterocycles.